The Morgan fingerprint density at radius 2 is 0.638 bits per heavy atom. The molecule has 0 unspecified atom stereocenters. The van der Waals surface area contributed by atoms with Crippen molar-refractivity contribution in [1.29, 1.82) is 0 Å². The summed E-state index contributed by atoms with van der Waals surface area (Å²) in [6.45, 7) is 3.14. The largest absolute Gasteiger partial charge is 0.395 e. The number of aliphatic hydroxyl groups excluding tert-OH is 5. The molecule has 5 N–H and O–H groups in total. The van der Waals surface area contributed by atoms with E-state index in [9.17, 15) is 25.5 Å². The standard InChI is InChI=1S/C43H50N10O5/c54-21-17-50-36-13-5-1-9-32(36)44-40(50)27-48(28-41-45-33-10-2-6-14-37(33)51(41)18-22-55)25-31(58)26-49(29-42-46-34-11-3-7-15-38(34)52(42)19-23-56)30-43-47-35-12-4-8-16-39(35)53(43)20-24-57/h1-16,31,54-58H,17-30H2. The summed E-state index contributed by atoms with van der Waals surface area (Å²) in [6.07, 6.45) is -0.877. The minimum atomic E-state index is -0.877. The molecule has 8 rings (SSSR count). The summed E-state index contributed by atoms with van der Waals surface area (Å²) >= 11 is 0. The van der Waals surface area contributed by atoms with E-state index in [-0.39, 0.29) is 39.5 Å². The summed E-state index contributed by atoms with van der Waals surface area (Å²) in [5, 5.41) is 52.5. The van der Waals surface area contributed by atoms with Gasteiger partial charge in [-0.2, -0.15) is 0 Å². The third-order valence-electron chi connectivity index (χ3n) is 10.6. The lowest BCUT2D eigenvalue weighted by molar-refractivity contribution is 0.0580. The average molecular weight is 787 g/mol. The maximum Gasteiger partial charge on any atom is 0.124 e. The van der Waals surface area contributed by atoms with Crippen LogP contribution in [-0.4, -0.2) is 119 Å². The second-order valence-corrected chi connectivity index (χ2v) is 14.6. The molecule has 15 heteroatoms. The maximum atomic E-state index is 12.2. The van der Waals surface area contributed by atoms with Crippen LogP contribution >= 0.6 is 0 Å². The molecule has 0 bridgehead atoms. The van der Waals surface area contributed by atoms with Crippen molar-refractivity contribution >= 4 is 44.1 Å². The number of imidazole rings is 4. The zero-order valence-electron chi connectivity index (χ0n) is 32.4. The Morgan fingerprint density at radius 3 is 0.879 bits per heavy atom. The van der Waals surface area contributed by atoms with Crippen molar-refractivity contribution < 1.29 is 25.5 Å². The molecule has 0 amide bonds. The molecule has 0 fully saturated rings. The Kier molecular flexibility index (Phi) is 12.2. The zero-order chi connectivity index (χ0) is 40.0. The second-order valence-electron chi connectivity index (χ2n) is 14.6. The fourth-order valence-electron chi connectivity index (χ4n) is 8.21. The molecule has 0 aliphatic carbocycles. The lowest BCUT2D eigenvalue weighted by Gasteiger charge is -2.29. The molecule has 0 aliphatic heterocycles. The first kappa shape index (κ1) is 39.3. The fraction of sp³-hybridized carbons (Fsp3) is 0.349. The molecule has 0 saturated heterocycles. The molecule has 0 saturated carbocycles. The van der Waals surface area contributed by atoms with Gasteiger partial charge in [0.25, 0.3) is 0 Å². The molecule has 4 aromatic heterocycles. The van der Waals surface area contributed by atoms with Gasteiger partial charge in [0.1, 0.15) is 23.3 Å². The molecule has 4 aromatic carbocycles. The van der Waals surface area contributed by atoms with E-state index in [4.69, 9.17) is 19.9 Å². The summed E-state index contributed by atoms with van der Waals surface area (Å²) in [5.74, 6) is 3.00. The number of rotatable bonds is 20. The monoisotopic (exact) mass is 786 g/mol. The molecule has 4 heterocycles. The van der Waals surface area contributed by atoms with Crippen molar-refractivity contribution in [2.24, 2.45) is 0 Å². The van der Waals surface area contributed by atoms with Crippen LogP contribution in [0.15, 0.2) is 97.1 Å². The highest BCUT2D eigenvalue weighted by molar-refractivity contribution is 5.78. The van der Waals surface area contributed by atoms with Gasteiger partial charge in [-0.1, -0.05) is 48.5 Å². The first-order valence-electron chi connectivity index (χ1n) is 19.8. The van der Waals surface area contributed by atoms with Crippen molar-refractivity contribution in [3.8, 4) is 0 Å². The number of fused-ring (bicyclic) bond motifs is 4. The van der Waals surface area contributed by atoms with Crippen LogP contribution in [0.4, 0.5) is 0 Å². The van der Waals surface area contributed by atoms with Gasteiger partial charge in [-0.15, -0.1) is 0 Å². The highest BCUT2D eigenvalue weighted by Crippen LogP contribution is 2.24. The van der Waals surface area contributed by atoms with Crippen molar-refractivity contribution in [3.05, 3.63) is 120 Å². The maximum absolute atomic E-state index is 12.2. The minimum Gasteiger partial charge on any atom is -0.395 e. The SMILES string of the molecule is OCCn1c(CN(Cc2nc3ccccc3n2CCO)CC(O)CN(Cc2nc3ccccc3n2CCO)Cc2nc3ccccc3n2CCO)nc2ccccc21. The number of aliphatic hydroxyl groups is 5. The highest BCUT2D eigenvalue weighted by atomic mass is 16.3. The Morgan fingerprint density at radius 1 is 0.397 bits per heavy atom. The van der Waals surface area contributed by atoms with Gasteiger partial charge >= 0.3 is 0 Å². The van der Waals surface area contributed by atoms with Gasteiger partial charge in [-0.25, -0.2) is 19.9 Å². The predicted octanol–water partition coefficient (Wildman–Crippen LogP) is 3.12. The van der Waals surface area contributed by atoms with E-state index < -0.39 is 6.10 Å². The molecule has 0 radical (unpaired) electrons. The Balaban J connectivity index is 1.14. The molecule has 8 aromatic rings. The minimum absolute atomic E-state index is 0.0562. The number of benzene rings is 4. The summed E-state index contributed by atoms with van der Waals surface area (Å²) in [4.78, 5) is 24.2. The van der Waals surface area contributed by atoms with Gasteiger partial charge < -0.3 is 43.8 Å². The summed E-state index contributed by atoms with van der Waals surface area (Å²) in [6, 6.07) is 31.4. The lowest BCUT2D eigenvalue weighted by Crippen LogP contribution is -2.41. The number of aromatic nitrogens is 8. The molecule has 302 valence electrons. The van der Waals surface area contributed by atoms with Gasteiger partial charge in [-0.3, -0.25) is 9.80 Å². The van der Waals surface area contributed by atoms with Crippen molar-refractivity contribution in [2.75, 3.05) is 39.5 Å². The molecule has 0 aliphatic rings. The lowest BCUT2D eigenvalue weighted by atomic mass is 10.2. The van der Waals surface area contributed by atoms with Crippen LogP contribution in [0.25, 0.3) is 44.1 Å². The third kappa shape index (κ3) is 8.24. The van der Waals surface area contributed by atoms with Crippen LogP contribution in [0.1, 0.15) is 23.3 Å². The number of para-hydroxylation sites is 8. The smallest absolute Gasteiger partial charge is 0.124 e. The number of hydrogen-bond acceptors (Lipinski definition) is 11. The zero-order valence-corrected chi connectivity index (χ0v) is 32.4. The summed E-state index contributed by atoms with van der Waals surface area (Å²) in [7, 11) is 0. The summed E-state index contributed by atoms with van der Waals surface area (Å²) in [5.41, 5.74) is 6.96. The normalized spacial score (nSPS) is 12.3. The second kappa shape index (κ2) is 18.0. The fourth-order valence-corrected chi connectivity index (χ4v) is 8.21. The summed E-state index contributed by atoms with van der Waals surface area (Å²) < 4.78 is 8.09. The van der Waals surface area contributed by atoms with Crippen molar-refractivity contribution in [1.82, 2.24) is 48.0 Å². The van der Waals surface area contributed by atoms with Gasteiger partial charge in [0.15, 0.2) is 0 Å². The highest BCUT2D eigenvalue weighted by Gasteiger charge is 2.25. The van der Waals surface area contributed by atoms with Gasteiger partial charge in [0.05, 0.1) is 103 Å². The molecule has 0 atom stereocenters. The quantitative estimate of drug-likeness (QED) is 0.0767. The van der Waals surface area contributed by atoms with Crippen LogP contribution in [0.3, 0.4) is 0 Å². The molecule has 15 nitrogen and oxygen atoms in total. The number of hydrogen-bond donors (Lipinski definition) is 5. The number of nitrogens with zero attached hydrogens (tertiary/aromatic N) is 10. The molecular formula is C43H50N10O5. The Labute approximate surface area is 335 Å². The van der Waals surface area contributed by atoms with Gasteiger partial charge in [0, 0.05) is 39.3 Å². The average Bonchev–Trinajstić information content (AvgIpc) is 3.96. The third-order valence-corrected chi connectivity index (χ3v) is 10.6. The van der Waals surface area contributed by atoms with E-state index in [1.165, 1.54) is 0 Å². The van der Waals surface area contributed by atoms with E-state index in [0.29, 0.717) is 52.4 Å². The molecule has 0 spiro atoms. The van der Waals surface area contributed by atoms with Crippen LogP contribution in [0.5, 0.6) is 0 Å². The van der Waals surface area contributed by atoms with Gasteiger partial charge in [0.2, 0.25) is 0 Å². The van der Waals surface area contributed by atoms with E-state index in [1.807, 2.05) is 115 Å². The van der Waals surface area contributed by atoms with E-state index in [1.54, 1.807) is 0 Å². The van der Waals surface area contributed by atoms with Crippen molar-refractivity contribution in [2.45, 2.75) is 58.5 Å². The first-order valence-corrected chi connectivity index (χ1v) is 19.8. The molecule has 58 heavy (non-hydrogen) atoms. The van der Waals surface area contributed by atoms with Crippen LogP contribution in [-0.2, 0) is 52.4 Å². The van der Waals surface area contributed by atoms with Gasteiger partial charge in [-0.05, 0) is 48.5 Å². The van der Waals surface area contributed by atoms with E-state index >= 15 is 0 Å². The Bertz CT molecular complexity index is 2260. The van der Waals surface area contributed by atoms with E-state index in [2.05, 4.69) is 9.80 Å². The van der Waals surface area contributed by atoms with Crippen LogP contribution < -0.4 is 0 Å². The topological polar surface area (TPSA) is 179 Å². The van der Waals surface area contributed by atoms with Crippen LogP contribution in [0, 0.1) is 0 Å². The first-order chi connectivity index (χ1) is 28.5. The van der Waals surface area contributed by atoms with Crippen LogP contribution in [0.2, 0.25) is 0 Å². The Hall–Kier alpha value is -5.52. The predicted molar refractivity (Wildman–Crippen MR) is 222 cm³/mol. The molecular weight excluding hydrogens is 737 g/mol. The van der Waals surface area contributed by atoms with E-state index in [0.717, 1.165) is 67.4 Å². The van der Waals surface area contributed by atoms with Crippen molar-refractivity contribution in [3.63, 3.8) is 0 Å².